The van der Waals surface area contributed by atoms with E-state index >= 15 is 0 Å². The standard InChI is InChI=1S/C13H13O2P/c1-8-7-10-5-3-4-6-11(10)12(13(8)16)15-9(2)14/h3-7H,16H2,1-2H3. The maximum atomic E-state index is 11.1. The summed E-state index contributed by atoms with van der Waals surface area (Å²) in [5, 5.41) is 2.99. The van der Waals surface area contributed by atoms with E-state index in [2.05, 4.69) is 15.3 Å². The normalized spacial score (nSPS) is 10.4. The van der Waals surface area contributed by atoms with Crippen LogP contribution in [0.1, 0.15) is 12.5 Å². The minimum atomic E-state index is -0.292. The van der Waals surface area contributed by atoms with Crippen molar-refractivity contribution in [3.8, 4) is 5.75 Å². The molecule has 1 atom stereocenters. The molecule has 0 aliphatic heterocycles. The number of fused-ring (bicyclic) bond motifs is 1. The molecule has 2 rings (SSSR count). The summed E-state index contributed by atoms with van der Waals surface area (Å²) in [6, 6.07) is 9.97. The maximum absolute atomic E-state index is 11.1. The van der Waals surface area contributed by atoms with Crippen molar-refractivity contribution in [2.45, 2.75) is 13.8 Å². The van der Waals surface area contributed by atoms with Gasteiger partial charge in [-0.3, -0.25) is 4.79 Å². The van der Waals surface area contributed by atoms with E-state index in [9.17, 15) is 4.79 Å². The van der Waals surface area contributed by atoms with Gasteiger partial charge in [0.25, 0.3) is 0 Å². The summed E-state index contributed by atoms with van der Waals surface area (Å²) in [6.07, 6.45) is 0. The quantitative estimate of drug-likeness (QED) is 0.429. The van der Waals surface area contributed by atoms with E-state index in [-0.39, 0.29) is 5.97 Å². The molecule has 16 heavy (non-hydrogen) atoms. The second-order valence-electron chi connectivity index (χ2n) is 3.75. The third kappa shape index (κ3) is 1.94. The topological polar surface area (TPSA) is 26.3 Å². The Labute approximate surface area is 96.8 Å². The third-order valence-electron chi connectivity index (χ3n) is 2.49. The molecule has 0 aromatic heterocycles. The first kappa shape index (κ1) is 11.1. The summed E-state index contributed by atoms with van der Waals surface area (Å²) < 4.78 is 5.28. The van der Waals surface area contributed by atoms with Gasteiger partial charge in [0.15, 0.2) is 0 Å². The van der Waals surface area contributed by atoms with Crippen LogP contribution in [0.5, 0.6) is 5.75 Å². The smallest absolute Gasteiger partial charge is 0.308 e. The summed E-state index contributed by atoms with van der Waals surface area (Å²) in [6.45, 7) is 3.42. The van der Waals surface area contributed by atoms with E-state index in [4.69, 9.17) is 4.74 Å². The van der Waals surface area contributed by atoms with Crippen molar-refractivity contribution in [1.82, 2.24) is 0 Å². The van der Waals surface area contributed by atoms with Gasteiger partial charge in [-0.1, -0.05) is 30.3 Å². The summed E-state index contributed by atoms with van der Waals surface area (Å²) in [5.41, 5.74) is 1.10. The number of rotatable bonds is 1. The molecule has 82 valence electrons. The molecular formula is C13H13O2P. The summed E-state index contributed by atoms with van der Waals surface area (Å²) >= 11 is 0. The number of aryl methyl sites for hydroxylation is 1. The number of esters is 1. The molecule has 3 heteroatoms. The monoisotopic (exact) mass is 232 g/mol. The summed E-state index contributed by atoms with van der Waals surface area (Å²) in [7, 11) is 2.63. The number of hydrogen-bond donors (Lipinski definition) is 0. The molecule has 0 spiro atoms. The summed E-state index contributed by atoms with van der Waals surface area (Å²) in [5.74, 6) is 0.354. The van der Waals surface area contributed by atoms with E-state index in [1.54, 1.807) is 0 Å². The molecule has 0 radical (unpaired) electrons. The zero-order chi connectivity index (χ0) is 11.7. The van der Waals surface area contributed by atoms with Gasteiger partial charge in [0.2, 0.25) is 0 Å². The molecule has 0 aliphatic carbocycles. The van der Waals surface area contributed by atoms with Crippen LogP contribution in [0, 0.1) is 6.92 Å². The molecule has 2 aromatic carbocycles. The van der Waals surface area contributed by atoms with Crippen LogP contribution < -0.4 is 10.0 Å². The minimum Gasteiger partial charge on any atom is -0.425 e. The number of benzene rings is 2. The Morgan fingerprint density at radius 1 is 1.31 bits per heavy atom. The minimum absolute atomic E-state index is 0.292. The van der Waals surface area contributed by atoms with Crippen molar-refractivity contribution < 1.29 is 9.53 Å². The molecule has 0 amide bonds. The Kier molecular flexibility index (Phi) is 2.93. The average Bonchev–Trinajstić information content (AvgIpc) is 2.24. The fraction of sp³-hybridized carbons (Fsp3) is 0.154. The predicted octanol–water partition coefficient (Wildman–Crippen LogP) is 2.57. The van der Waals surface area contributed by atoms with Gasteiger partial charge < -0.3 is 4.74 Å². The van der Waals surface area contributed by atoms with Crippen LogP contribution in [-0.4, -0.2) is 5.97 Å². The van der Waals surface area contributed by atoms with Crippen LogP contribution in [0.3, 0.4) is 0 Å². The Hall–Kier alpha value is -1.40. The fourth-order valence-electron chi connectivity index (χ4n) is 1.72. The highest BCUT2D eigenvalue weighted by Crippen LogP contribution is 2.27. The Balaban J connectivity index is 2.76. The lowest BCUT2D eigenvalue weighted by Gasteiger charge is -2.11. The summed E-state index contributed by atoms with van der Waals surface area (Å²) in [4.78, 5) is 11.1. The first-order chi connectivity index (χ1) is 7.59. The SMILES string of the molecule is CC(=O)Oc1c(P)c(C)cc2ccccc12. The van der Waals surface area contributed by atoms with Gasteiger partial charge in [-0.15, -0.1) is 9.24 Å². The number of hydrogen-bond acceptors (Lipinski definition) is 2. The van der Waals surface area contributed by atoms with Crippen molar-refractivity contribution in [2.75, 3.05) is 0 Å². The zero-order valence-electron chi connectivity index (χ0n) is 9.28. The van der Waals surface area contributed by atoms with E-state index < -0.39 is 0 Å². The largest absolute Gasteiger partial charge is 0.425 e. The van der Waals surface area contributed by atoms with E-state index in [1.165, 1.54) is 6.92 Å². The molecule has 0 saturated carbocycles. The molecule has 0 bridgehead atoms. The van der Waals surface area contributed by atoms with Gasteiger partial charge in [0.05, 0.1) is 0 Å². The average molecular weight is 232 g/mol. The molecule has 0 saturated heterocycles. The van der Waals surface area contributed by atoms with Crippen molar-refractivity contribution in [1.29, 1.82) is 0 Å². The first-order valence-corrected chi connectivity index (χ1v) is 5.63. The van der Waals surface area contributed by atoms with Gasteiger partial charge >= 0.3 is 5.97 Å². The Morgan fingerprint density at radius 2 is 2.00 bits per heavy atom. The first-order valence-electron chi connectivity index (χ1n) is 5.06. The van der Waals surface area contributed by atoms with Crippen molar-refractivity contribution in [3.05, 3.63) is 35.9 Å². The maximum Gasteiger partial charge on any atom is 0.308 e. The third-order valence-corrected chi connectivity index (χ3v) is 3.21. The second-order valence-corrected chi connectivity index (χ2v) is 4.33. The number of carbonyl (C=O) groups excluding carboxylic acids is 1. The molecule has 0 heterocycles. The van der Waals surface area contributed by atoms with E-state index in [0.29, 0.717) is 5.75 Å². The molecule has 0 fully saturated rings. The number of carbonyl (C=O) groups is 1. The van der Waals surface area contributed by atoms with Crippen LogP contribution in [0.4, 0.5) is 0 Å². The van der Waals surface area contributed by atoms with E-state index in [1.807, 2.05) is 31.2 Å². The fourth-order valence-corrected chi connectivity index (χ4v) is 2.02. The van der Waals surface area contributed by atoms with Gasteiger partial charge in [-0.05, 0) is 17.9 Å². The van der Waals surface area contributed by atoms with Gasteiger partial charge in [-0.2, -0.15) is 0 Å². The van der Waals surface area contributed by atoms with Crippen LogP contribution in [0.15, 0.2) is 30.3 Å². The zero-order valence-corrected chi connectivity index (χ0v) is 10.4. The highest BCUT2D eigenvalue weighted by atomic mass is 31.0. The Morgan fingerprint density at radius 3 is 2.69 bits per heavy atom. The lowest BCUT2D eigenvalue weighted by molar-refractivity contribution is -0.131. The highest BCUT2D eigenvalue weighted by molar-refractivity contribution is 7.28. The molecule has 2 nitrogen and oxygen atoms in total. The van der Waals surface area contributed by atoms with Crippen LogP contribution in [-0.2, 0) is 4.79 Å². The lowest BCUT2D eigenvalue weighted by atomic mass is 10.1. The Bertz CT molecular complexity index is 561. The molecule has 0 N–H and O–H groups in total. The van der Waals surface area contributed by atoms with Crippen LogP contribution >= 0.6 is 9.24 Å². The molecule has 0 aliphatic rings. The highest BCUT2D eigenvalue weighted by Gasteiger charge is 2.10. The predicted molar refractivity (Wildman–Crippen MR) is 69.3 cm³/mol. The van der Waals surface area contributed by atoms with Crippen molar-refractivity contribution >= 4 is 31.3 Å². The van der Waals surface area contributed by atoms with Crippen LogP contribution in [0.2, 0.25) is 0 Å². The molecular weight excluding hydrogens is 219 g/mol. The lowest BCUT2D eigenvalue weighted by Crippen LogP contribution is -2.10. The molecule has 2 aromatic rings. The van der Waals surface area contributed by atoms with E-state index in [0.717, 1.165) is 21.6 Å². The van der Waals surface area contributed by atoms with Crippen LogP contribution in [0.25, 0.3) is 10.8 Å². The second kappa shape index (κ2) is 4.23. The molecule has 1 unspecified atom stereocenters. The van der Waals surface area contributed by atoms with Gasteiger partial charge in [-0.25, -0.2) is 0 Å². The number of ether oxygens (including phenoxy) is 1. The van der Waals surface area contributed by atoms with Gasteiger partial charge in [0.1, 0.15) is 5.75 Å². The van der Waals surface area contributed by atoms with Crippen molar-refractivity contribution in [3.63, 3.8) is 0 Å². The van der Waals surface area contributed by atoms with Gasteiger partial charge in [0, 0.05) is 17.6 Å². The van der Waals surface area contributed by atoms with Crippen molar-refractivity contribution in [2.24, 2.45) is 0 Å².